The highest BCUT2D eigenvalue weighted by Crippen LogP contribution is 2.18. The summed E-state index contributed by atoms with van der Waals surface area (Å²) >= 11 is 0. The van der Waals surface area contributed by atoms with Crippen LogP contribution in [0.2, 0.25) is 0 Å². The molecule has 0 aromatic rings. The molecule has 2 atom stereocenters. The SMILES string of the molecule is CC(C)(C)N1CCN(CC2COCC2N)CC1. The van der Waals surface area contributed by atoms with Crippen molar-refractivity contribution in [3.8, 4) is 0 Å². The van der Waals surface area contributed by atoms with Gasteiger partial charge in [-0.15, -0.1) is 0 Å². The van der Waals surface area contributed by atoms with E-state index in [0.717, 1.165) is 19.8 Å². The van der Waals surface area contributed by atoms with Gasteiger partial charge in [-0.3, -0.25) is 4.90 Å². The Hall–Kier alpha value is -0.160. The molecule has 4 heteroatoms. The molecule has 17 heavy (non-hydrogen) atoms. The normalized spacial score (nSPS) is 33.2. The van der Waals surface area contributed by atoms with Gasteiger partial charge in [-0.1, -0.05) is 0 Å². The predicted octanol–water partition coefficient (Wildman–Crippen LogP) is 0.376. The number of piperazine rings is 1. The highest BCUT2D eigenvalue weighted by molar-refractivity contribution is 4.85. The fourth-order valence-electron chi connectivity index (χ4n) is 2.74. The second-order valence-corrected chi connectivity index (χ2v) is 6.42. The van der Waals surface area contributed by atoms with Crippen molar-refractivity contribution in [2.45, 2.75) is 32.4 Å². The molecule has 2 heterocycles. The minimum Gasteiger partial charge on any atom is -0.379 e. The highest BCUT2D eigenvalue weighted by Gasteiger charge is 2.30. The van der Waals surface area contributed by atoms with Crippen molar-refractivity contribution in [3.63, 3.8) is 0 Å². The first-order valence-electron chi connectivity index (χ1n) is 6.77. The minimum absolute atomic E-state index is 0.246. The lowest BCUT2D eigenvalue weighted by Gasteiger charge is -2.43. The van der Waals surface area contributed by atoms with E-state index in [0.29, 0.717) is 11.5 Å². The van der Waals surface area contributed by atoms with Crippen molar-refractivity contribution in [1.29, 1.82) is 0 Å². The average molecular weight is 241 g/mol. The van der Waals surface area contributed by atoms with Gasteiger partial charge in [0.05, 0.1) is 13.2 Å². The van der Waals surface area contributed by atoms with E-state index in [2.05, 4.69) is 30.6 Å². The Balaban J connectivity index is 1.76. The van der Waals surface area contributed by atoms with Gasteiger partial charge < -0.3 is 15.4 Å². The molecule has 2 fully saturated rings. The van der Waals surface area contributed by atoms with Gasteiger partial charge in [0.15, 0.2) is 0 Å². The largest absolute Gasteiger partial charge is 0.379 e. The summed E-state index contributed by atoms with van der Waals surface area (Å²) in [5.41, 5.74) is 6.34. The van der Waals surface area contributed by atoms with Crippen LogP contribution in [0, 0.1) is 5.92 Å². The van der Waals surface area contributed by atoms with Gasteiger partial charge in [-0.2, -0.15) is 0 Å². The Morgan fingerprint density at radius 2 is 1.76 bits per heavy atom. The number of ether oxygens (including phenoxy) is 1. The van der Waals surface area contributed by atoms with Crippen molar-refractivity contribution in [2.24, 2.45) is 11.7 Å². The van der Waals surface area contributed by atoms with Crippen LogP contribution >= 0.6 is 0 Å². The van der Waals surface area contributed by atoms with Gasteiger partial charge in [0, 0.05) is 50.2 Å². The van der Waals surface area contributed by atoms with E-state index in [1.54, 1.807) is 0 Å². The zero-order valence-corrected chi connectivity index (χ0v) is 11.5. The lowest BCUT2D eigenvalue weighted by atomic mass is 10.0. The van der Waals surface area contributed by atoms with Gasteiger partial charge >= 0.3 is 0 Å². The Morgan fingerprint density at radius 3 is 2.24 bits per heavy atom. The van der Waals surface area contributed by atoms with Crippen LogP contribution in [0.25, 0.3) is 0 Å². The zero-order valence-electron chi connectivity index (χ0n) is 11.5. The molecule has 2 saturated heterocycles. The molecule has 2 rings (SSSR count). The molecular formula is C13H27N3O. The van der Waals surface area contributed by atoms with Gasteiger partial charge in [0.25, 0.3) is 0 Å². The summed E-state index contributed by atoms with van der Waals surface area (Å²) in [6, 6.07) is 0.246. The predicted molar refractivity (Wildman–Crippen MR) is 70.1 cm³/mol. The maximum Gasteiger partial charge on any atom is 0.0621 e. The first-order chi connectivity index (χ1) is 7.97. The Bertz CT molecular complexity index is 244. The summed E-state index contributed by atoms with van der Waals surface area (Å²) in [5.74, 6) is 0.538. The number of rotatable bonds is 2. The summed E-state index contributed by atoms with van der Waals surface area (Å²) in [6.07, 6.45) is 0. The molecule has 0 radical (unpaired) electrons. The molecule has 0 aromatic carbocycles. The fraction of sp³-hybridized carbons (Fsp3) is 1.00. The molecule has 0 bridgehead atoms. The van der Waals surface area contributed by atoms with Crippen LogP contribution < -0.4 is 5.73 Å². The number of hydrogen-bond acceptors (Lipinski definition) is 4. The molecule has 0 spiro atoms. The number of hydrogen-bond donors (Lipinski definition) is 1. The topological polar surface area (TPSA) is 41.7 Å². The molecule has 0 aliphatic carbocycles. The van der Waals surface area contributed by atoms with Crippen LogP contribution in [0.15, 0.2) is 0 Å². The van der Waals surface area contributed by atoms with E-state index >= 15 is 0 Å². The number of nitrogens with two attached hydrogens (primary N) is 1. The Kier molecular flexibility index (Phi) is 4.08. The molecule has 0 aromatic heterocycles. The molecule has 0 amide bonds. The van der Waals surface area contributed by atoms with Crippen molar-refractivity contribution in [1.82, 2.24) is 9.80 Å². The van der Waals surface area contributed by atoms with Gasteiger partial charge in [0.2, 0.25) is 0 Å². The van der Waals surface area contributed by atoms with E-state index in [1.165, 1.54) is 26.2 Å². The van der Waals surface area contributed by atoms with Crippen LogP contribution in [0.5, 0.6) is 0 Å². The van der Waals surface area contributed by atoms with E-state index in [4.69, 9.17) is 10.5 Å². The summed E-state index contributed by atoms with van der Waals surface area (Å²) in [4.78, 5) is 5.11. The second kappa shape index (κ2) is 5.22. The quantitative estimate of drug-likeness (QED) is 0.759. The first-order valence-corrected chi connectivity index (χ1v) is 6.77. The monoisotopic (exact) mass is 241 g/mol. The number of nitrogens with zero attached hydrogens (tertiary/aromatic N) is 2. The van der Waals surface area contributed by atoms with E-state index in [9.17, 15) is 0 Å². The average Bonchev–Trinajstić information content (AvgIpc) is 2.64. The lowest BCUT2D eigenvalue weighted by Crippen LogP contribution is -2.54. The van der Waals surface area contributed by atoms with Crippen LogP contribution in [0.4, 0.5) is 0 Å². The maximum atomic E-state index is 6.03. The first kappa shape index (κ1) is 13.3. The van der Waals surface area contributed by atoms with Crippen molar-refractivity contribution in [3.05, 3.63) is 0 Å². The third kappa shape index (κ3) is 3.41. The van der Waals surface area contributed by atoms with Crippen LogP contribution in [-0.2, 0) is 4.74 Å². The standard InChI is InChI=1S/C13H27N3O/c1-13(2,3)16-6-4-15(5-7-16)8-11-9-17-10-12(11)14/h11-12H,4-10,14H2,1-3H3. The smallest absolute Gasteiger partial charge is 0.0621 e. The fourth-order valence-corrected chi connectivity index (χ4v) is 2.74. The molecule has 2 unspecified atom stereocenters. The van der Waals surface area contributed by atoms with Gasteiger partial charge in [-0.25, -0.2) is 0 Å². The molecule has 100 valence electrons. The summed E-state index contributed by atoms with van der Waals surface area (Å²) in [5, 5.41) is 0. The van der Waals surface area contributed by atoms with Crippen molar-refractivity contribution in [2.75, 3.05) is 45.9 Å². The van der Waals surface area contributed by atoms with E-state index in [1.807, 2.05) is 0 Å². The maximum absolute atomic E-state index is 6.03. The summed E-state index contributed by atoms with van der Waals surface area (Å²) < 4.78 is 5.42. The van der Waals surface area contributed by atoms with Crippen LogP contribution in [0.1, 0.15) is 20.8 Å². The molecule has 2 aliphatic rings. The van der Waals surface area contributed by atoms with E-state index < -0.39 is 0 Å². The molecule has 0 saturated carbocycles. The van der Waals surface area contributed by atoms with Gasteiger partial charge in [-0.05, 0) is 20.8 Å². The summed E-state index contributed by atoms with van der Waals surface area (Å²) in [7, 11) is 0. The Labute approximate surface area is 105 Å². The summed E-state index contributed by atoms with van der Waals surface area (Å²) in [6.45, 7) is 14.3. The minimum atomic E-state index is 0.246. The molecule has 2 N–H and O–H groups in total. The zero-order chi connectivity index (χ0) is 12.5. The second-order valence-electron chi connectivity index (χ2n) is 6.42. The molecular weight excluding hydrogens is 214 g/mol. The van der Waals surface area contributed by atoms with Crippen LogP contribution in [-0.4, -0.2) is 67.3 Å². The molecule has 4 nitrogen and oxygen atoms in total. The molecule has 2 aliphatic heterocycles. The third-order valence-corrected chi connectivity index (χ3v) is 4.06. The van der Waals surface area contributed by atoms with Crippen molar-refractivity contribution >= 4 is 0 Å². The van der Waals surface area contributed by atoms with Crippen molar-refractivity contribution < 1.29 is 4.74 Å². The van der Waals surface area contributed by atoms with E-state index in [-0.39, 0.29) is 6.04 Å². The van der Waals surface area contributed by atoms with Crippen LogP contribution in [0.3, 0.4) is 0 Å². The lowest BCUT2D eigenvalue weighted by molar-refractivity contribution is 0.0532. The highest BCUT2D eigenvalue weighted by atomic mass is 16.5. The van der Waals surface area contributed by atoms with Gasteiger partial charge in [0.1, 0.15) is 0 Å². The third-order valence-electron chi connectivity index (χ3n) is 4.06. The Morgan fingerprint density at radius 1 is 1.12 bits per heavy atom.